The van der Waals surface area contributed by atoms with Gasteiger partial charge in [0.15, 0.2) is 10.8 Å². The molecular weight excluding hydrogens is 445 g/mol. The van der Waals surface area contributed by atoms with E-state index in [9.17, 15) is 22.8 Å². The van der Waals surface area contributed by atoms with Crippen LogP contribution in [-0.2, 0) is 11.0 Å². The first-order chi connectivity index (χ1) is 14.1. The first-order valence-electron chi connectivity index (χ1n) is 9.62. The predicted molar refractivity (Wildman–Crippen MR) is 108 cm³/mol. The van der Waals surface area contributed by atoms with Crippen LogP contribution in [0.4, 0.5) is 23.1 Å². The number of nitrogens with one attached hydrogen (secondary N) is 2. The molecule has 1 aromatic rings. The van der Waals surface area contributed by atoms with Crippen molar-refractivity contribution in [1.29, 1.82) is 0 Å². The molecule has 0 aromatic carbocycles. The number of rotatable bonds is 3. The van der Waals surface area contributed by atoms with Gasteiger partial charge in [-0.15, -0.1) is 0 Å². The van der Waals surface area contributed by atoms with Crippen molar-refractivity contribution in [3.05, 3.63) is 10.0 Å². The highest BCUT2D eigenvalue weighted by molar-refractivity contribution is 7.19. The summed E-state index contributed by atoms with van der Waals surface area (Å²) in [5.74, 6) is 0.00179. The van der Waals surface area contributed by atoms with Crippen LogP contribution in [0, 0.1) is 0 Å². The summed E-state index contributed by atoms with van der Waals surface area (Å²) in [7, 11) is 0. The average molecular weight is 469 g/mol. The smallest absolute Gasteiger partial charge is 0.338 e. The second-order valence-electron chi connectivity index (χ2n) is 7.48. The Kier molecular flexibility index (Phi) is 7.10. The van der Waals surface area contributed by atoms with Crippen molar-refractivity contribution in [1.82, 2.24) is 25.0 Å². The Labute approximate surface area is 181 Å². The summed E-state index contributed by atoms with van der Waals surface area (Å²) in [6.45, 7) is 7.75. The summed E-state index contributed by atoms with van der Waals surface area (Å²) in [4.78, 5) is 34.0. The molecule has 2 fully saturated rings. The largest absolute Gasteiger partial charge is 0.435 e. The molecule has 3 heterocycles. The number of carbonyl (C=O) groups excluding carboxylic acids is 2. The van der Waals surface area contributed by atoms with Crippen molar-refractivity contribution in [3.63, 3.8) is 0 Å². The minimum atomic E-state index is -4.68. The highest BCUT2D eigenvalue weighted by Gasteiger charge is 2.38. The number of hydrogen-bond donors (Lipinski definition) is 2. The van der Waals surface area contributed by atoms with Crippen LogP contribution in [0.15, 0.2) is 0 Å². The number of alkyl halides is 3. The van der Waals surface area contributed by atoms with E-state index < -0.39 is 22.2 Å². The van der Waals surface area contributed by atoms with Crippen LogP contribution in [-0.4, -0.2) is 89.5 Å². The zero-order chi connectivity index (χ0) is 22.1. The number of urea groups is 1. The molecule has 0 spiro atoms. The molecule has 2 aliphatic rings. The third kappa shape index (κ3) is 5.34. The van der Waals surface area contributed by atoms with E-state index in [-0.39, 0.29) is 30.2 Å². The lowest BCUT2D eigenvalue weighted by Gasteiger charge is -2.40. The van der Waals surface area contributed by atoms with E-state index in [0.29, 0.717) is 37.0 Å². The number of carbonyl (C=O) groups is 2. The van der Waals surface area contributed by atoms with E-state index in [4.69, 9.17) is 11.6 Å². The second-order valence-corrected chi connectivity index (χ2v) is 9.08. The first kappa shape index (κ1) is 23.0. The maximum absolute atomic E-state index is 12.8. The number of nitrogens with zero attached hydrogens (tertiary/aromatic N) is 4. The Morgan fingerprint density at radius 3 is 2.40 bits per heavy atom. The summed E-state index contributed by atoms with van der Waals surface area (Å²) in [6.07, 6.45) is -4.68. The molecule has 168 valence electrons. The fourth-order valence-electron chi connectivity index (χ4n) is 3.46. The maximum Gasteiger partial charge on any atom is 0.435 e. The monoisotopic (exact) mass is 468 g/mol. The van der Waals surface area contributed by atoms with Gasteiger partial charge < -0.3 is 15.1 Å². The van der Waals surface area contributed by atoms with Crippen molar-refractivity contribution in [2.45, 2.75) is 32.1 Å². The predicted octanol–water partition coefficient (Wildman–Crippen LogP) is 2.17. The molecule has 13 heteroatoms. The summed E-state index contributed by atoms with van der Waals surface area (Å²) in [5, 5.41) is 5.40. The number of piperazine rings is 2. The Balaban J connectivity index is 1.51. The van der Waals surface area contributed by atoms with Gasteiger partial charge in [0.1, 0.15) is 4.34 Å². The molecule has 1 atom stereocenters. The Hall–Kier alpha value is -1.63. The fourth-order valence-corrected chi connectivity index (χ4v) is 4.53. The van der Waals surface area contributed by atoms with Crippen molar-refractivity contribution in [3.8, 4) is 0 Å². The molecule has 2 aliphatic heterocycles. The van der Waals surface area contributed by atoms with E-state index in [2.05, 4.69) is 34.4 Å². The number of amides is 3. The number of thiazole rings is 1. The van der Waals surface area contributed by atoms with E-state index in [1.54, 1.807) is 4.90 Å². The van der Waals surface area contributed by atoms with Gasteiger partial charge in [0.25, 0.3) is 0 Å². The minimum absolute atomic E-state index is 0.00179. The summed E-state index contributed by atoms with van der Waals surface area (Å²) in [5.41, 5.74) is -1.21. The number of halogens is 4. The summed E-state index contributed by atoms with van der Waals surface area (Å²) >= 11 is 6.13. The van der Waals surface area contributed by atoms with Gasteiger partial charge >= 0.3 is 12.2 Å². The molecule has 0 bridgehead atoms. The topological polar surface area (TPSA) is 80.8 Å². The van der Waals surface area contributed by atoms with Crippen LogP contribution in [0.25, 0.3) is 0 Å². The van der Waals surface area contributed by atoms with Crippen LogP contribution in [0.3, 0.4) is 0 Å². The van der Waals surface area contributed by atoms with Gasteiger partial charge in [-0.25, -0.2) is 9.78 Å². The number of aromatic nitrogens is 1. The average Bonchev–Trinajstić information content (AvgIpc) is 3.08. The molecule has 0 aliphatic carbocycles. The van der Waals surface area contributed by atoms with E-state index in [0.717, 1.165) is 13.1 Å². The molecule has 3 amide bonds. The molecule has 3 rings (SSSR count). The molecular formula is C17H24ClF3N6O2S. The van der Waals surface area contributed by atoms with Gasteiger partial charge in [-0.2, -0.15) is 13.2 Å². The minimum Gasteiger partial charge on any atom is -0.338 e. The SMILES string of the molecule is CC(C)N1CCN[C@@H](C(=O)N2CCN(C(=O)Nc3nc(C(F)(F)F)c(Cl)s3)CC2)C1. The van der Waals surface area contributed by atoms with Crippen LogP contribution in [0.5, 0.6) is 0 Å². The van der Waals surface area contributed by atoms with Gasteiger partial charge in [0.2, 0.25) is 5.91 Å². The number of anilines is 1. The third-order valence-electron chi connectivity index (χ3n) is 5.18. The molecule has 0 saturated carbocycles. The highest BCUT2D eigenvalue weighted by Crippen LogP contribution is 2.39. The maximum atomic E-state index is 12.8. The zero-order valence-electron chi connectivity index (χ0n) is 16.6. The molecule has 30 heavy (non-hydrogen) atoms. The van der Waals surface area contributed by atoms with Crippen LogP contribution >= 0.6 is 22.9 Å². The summed E-state index contributed by atoms with van der Waals surface area (Å²) < 4.78 is 37.8. The van der Waals surface area contributed by atoms with Crippen molar-refractivity contribution in [2.75, 3.05) is 51.1 Å². The zero-order valence-corrected chi connectivity index (χ0v) is 18.2. The van der Waals surface area contributed by atoms with Crippen molar-refractivity contribution >= 4 is 40.0 Å². The first-order valence-corrected chi connectivity index (χ1v) is 10.8. The lowest BCUT2D eigenvalue weighted by molar-refractivity contribution is -0.140. The standard InChI is InChI=1S/C17H24ClF3N6O2S/c1-10(2)27-4-3-22-11(9-27)14(28)25-5-7-26(8-6-25)16(29)24-15-23-12(13(18)30-15)17(19,20)21/h10-11,22H,3-9H2,1-2H3,(H,23,24,29)/t11-/m1/s1. The van der Waals surface area contributed by atoms with Gasteiger partial charge in [-0.3, -0.25) is 15.0 Å². The number of hydrogen-bond acceptors (Lipinski definition) is 6. The lowest BCUT2D eigenvalue weighted by atomic mass is 10.1. The third-order valence-corrected chi connectivity index (χ3v) is 6.35. The van der Waals surface area contributed by atoms with Gasteiger partial charge in [-0.05, 0) is 13.8 Å². The molecule has 1 aromatic heterocycles. The molecule has 8 nitrogen and oxygen atoms in total. The van der Waals surface area contributed by atoms with Gasteiger partial charge in [-0.1, -0.05) is 22.9 Å². The van der Waals surface area contributed by atoms with E-state index in [1.807, 2.05) is 0 Å². The molecule has 0 radical (unpaired) electrons. The quantitative estimate of drug-likeness (QED) is 0.710. The Morgan fingerprint density at radius 2 is 1.83 bits per heavy atom. The molecule has 0 unspecified atom stereocenters. The Morgan fingerprint density at radius 1 is 1.20 bits per heavy atom. The lowest BCUT2D eigenvalue weighted by Crippen LogP contribution is -2.61. The van der Waals surface area contributed by atoms with Crippen LogP contribution < -0.4 is 10.6 Å². The Bertz CT molecular complexity index is 782. The van der Waals surface area contributed by atoms with E-state index in [1.165, 1.54) is 4.90 Å². The van der Waals surface area contributed by atoms with Crippen LogP contribution in [0.1, 0.15) is 19.5 Å². The van der Waals surface area contributed by atoms with Gasteiger partial charge in [0, 0.05) is 51.9 Å². The molecule has 2 N–H and O–H groups in total. The normalized spacial score (nSPS) is 21.2. The van der Waals surface area contributed by atoms with Crippen molar-refractivity contribution in [2.24, 2.45) is 0 Å². The highest BCUT2D eigenvalue weighted by atomic mass is 35.5. The summed E-state index contributed by atoms with van der Waals surface area (Å²) in [6, 6.07) is -0.483. The fraction of sp³-hybridized carbons (Fsp3) is 0.706. The molecule has 2 saturated heterocycles. The van der Waals surface area contributed by atoms with Crippen LogP contribution in [0.2, 0.25) is 4.34 Å². The van der Waals surface area contributed by atoms with E-state index >= 15 is 0 Å². The van der Waals surface area contributed by atoms with Crippen molar-refractivity contribution < 1.29 is 22.8 Å². The second kappa shape index (κ2) is 9.25. The van der Waals surface area contributed by atoms with Gasteiger partial charge in [0.05, 0.1) is 6.04 Å².